The van der Waals surface area contributed by atoms with E-state index in [0.29, 0.717) is 0 Å². The van der Waals surface area contributed by atoms with Crippen LogP contribution in [0.4, 0.5) is 0 Å². The Morgan fingerprint density at radius 3 is 2.62 bits per heavy atom. The van der Waals surface area contributed by atoms with Gasteiger partial charge in [0.2, 0.25) is 0 Å². The summed E-state index contributed by atoms with van der Waals surface area (Å²) in [6.07, 6.45) is 5.26. The summed E-state index contributed by atoms with van der Waals surface area (Å²) in [5.74, 6) is 2.66. The van der Waals surface area contributed by atoms with E-state index in [1.165, 1.54) is 25.7 Å². The van der Waals surface area contributed by atoms with E-state index in [0.717, 1.165) is 37.4 Å². The van der Waals surface area contributed by atoms with Crippen molar-refractivity contribution in [3.63, 3.8) is 0 Å². The van der Waals surface area contributed by atoms with Gasteiger partial charge in [0, 0.05) is 19.6 Å². The lowest BCUT2D eigenvalue weighted by Crippen LogP contribution is -2.38. The maximum atomic E-state index is 4.59. The fraction of sp³-hybridized carbons (Fsp3) is 0.923. The Balaban J connectivity index is 2.13. The van der Waals surface area contributed by atoms with Crippen LogP contribution in [0, 0.1) is 11.8 Å². The van der Waals surface area contributed by atoms with Gasteiger partial charge in [0.25, 0.3) is 0 Å². The van der Waals surface area contributed by atoms with Crippen molar-refractivity contribution in [2.45, 2.75) is 46.5 Å². The smallest absolute Gasteiger partial charge is 0.191 e. The Morgan fingerprint density at radius 2 is 2.06 bits per heavy atom. The van der Waals surface area contributed by atoms with Crippen LogP contribution in [0.3, 0.4) is 0 Å². The summed E-state index contributed by atoms with van der Waals surface area (Å²) in [7, 11) is 0. The van der Waals surface area contributed by atoms with E-state index < -0.39 is 0 Å². The van der Waals surface area contributed by atoms with Crippen molar-refractivity contribution in [1.29, 1.82) is 0 Å². The van der Waals surface area contributed by atoms with Crippen LogP contribution in [0.2, 0.25) is 0 Å². The fourth-order valence-electron chi connectivity index (χ4n) is 1.58. The molecule has 0 aromatic rings. The summed E-state index contributed by atoms with van der Waals surface area (Å²) >= 11 is 0. The molecule has 0 aromatic heterocycles. The summed E-state index contributed by atoms with van der Waals surface area (Å²) in [6, 6.07) is 0. The maximum Gasteiger partial charge on any atom is 0.191 e. The van der Waals surface area contributed by atoms with Crippen LogP contribution >= 0.6 is 0 Å². The van der Waals surface area contributed by atoms with Crippen molar-refractivity contribution >= 4 is 5.96 Å². The zero-order valence-electron chi connectivity index (χ0n) is 11.1. The highest BCUT2D eigenvalue weighted by Gasteiger charge is 2.20. The molecule has 0 amide bonds. The highest BCUT2D eigenvalue weighted by molar-refractivity contribution is 5.79. The quantitative estimate of drug-likeness (QED) is 0.396. The van der Waals surface area contributed by atoms with Crippen molar-refractivity contribution in [3.05, 3.63) is 0 Å². The Labute approximate surface area is 100 Å². The van der Waals surface area contributed by atoms with Crippen molar-refractivity contribution < 1.29 is 0 Å². The second-order valence-electron chi connectivity index (χ2n) is 5.13. The SMILES string of the molecule is CCNC(=NCC1CC1)NCCCC(C)C. The van der Waals surface area contributed by atoms with Crippen LogP contribution in [0.25, 0.3) is 0 Å². The first-order valence-electron chi connectivity index (χ1n) is 6.74. The zero-order valence-corrected chi connectivity index (χ0v) is 11.1. The molecule has 0 aliphatic heterocycles. The summed E-state index contributed by atoms with van der Waals surface area (Å²) in [5, 5.41) is 6.69. The average Bonchev–Trinajstić information content (AvgIpc) is 3.04. The van der Waals surface area contributed by atoms with Gasteiger partial charge in [-0.15, -0.1) is 0 Å². The minimum absolute atomic E-state index is 0.799. The molecular formula is C13H27N3. The van der Waals surface area contributed by atoms with Gasteiger partial charge in [0.15, 0.2) is 5.96 Å². The Hall–Kier alpha value is -0.730. The maximum absolute atomic E-state index is 4.59. The molecule has 1 rings (SSSR count). The molecule has 3 heteroatoms. The molecule has 0 heterocycles. The van der Waals surface area contributed by atoms with E-state index in [2.05, 4.69) is 36.4 Å². The number of nitrogens with one attached hydrogen (secondary N) is 2. The van der Waals surface area contributed by atoms with Gasteiger partial charge in [-0.05, 0) is 44.4 Å². The summed E-state index contributed by atoms with van der Waals surface area (Å²) < 4.78 is 0. The molecule has 0 radical (unpaired) electrons. The molecule has 1 aliphatic rings. The Morgan fingerprint density at radius 1 is 1.31 bits per heavy atom. The number of guanidine groups is 1. The number of nitrogens with zero attached hydrogens (tertiary/aromatic N) is 1. The third-order valence-electron chi connectivity index (χ3n) is 2.80. The molecule has 0 saturated heterocycles. The van der Waals surface area contributed by atoms with Crippen LogP contribution in [0.15, 0.2) is 4.99 Å². The third kappa shape index (κ3) is 6.70. The van der Waals surface area contributed by atoms with E-state index in [1.54, 1.807) is 0 Å². The Kier molecular flexibility index (Phi) is 6.27. The first-order chi connectivity index (χ1) is 7.72. The lowest BCUT2D eigenvalue weighted by Gasteiger charge is -2.11. The molecule has 2 N–H and O–H groups in total. The first-order valence-corrected chi connectivity index (χ1v) is 6.74. The average molecular weight is 225 g/mol. The second kappa shape index (κ2) is 7.53. The standard InChI is InChI=1S/C13H27N3/c1-4-14-13(16-10-12-7-8-12)15-9-5-6-11(2)3/h11-12H,4-10H2,1-3H3,(H2,14,15,16). The van der Waals surface area contributed by atoms with E-state index in [1.807, 2.05) is 0 Å². The van der Waals surface area contributed by atoms with Crippen LogP contribution in [-0.2, 0) is 0 Å². The van der Waals surface area contributed by atoms with Crippen LogP contribution in [0.5, 0.6) is 0 Å². The van der Waals surface area contributed by atoms with E-state index in [4.69, 9.17) is 0 Å². The lowest BCUT2D eigenvalue weighted by atomic mass is 10.1. The predicted octanol–water partition coefficient (Wildman–Crippen LogP) is 2.39. The third-order valence-corrected chi connectivity index (χ3v) is 2.80. The molecule has 0 atom stereocenters. The molecule has 3 nitrogen and oxygen atoms in total. The zero-order chi connectivity index (χ0) is 11.8. The molecule has 1 fully saturated rings. The topological polar surface area (TPSA) is 36.4 Å². The van der Waals surface area contributed by atoms with Gasteiger partial charge < -0.3 is 10.6 Å². The molecule has 0 spiro atoms. The number of aliphatic imine (C=N–C) groups is 1. The van der Waals surface area contributed by atoms with Crippen molar-refractivity contribution in [3.8, 4) is 0 Å². The molecule has 16 heavy (non-hydrogen) atoms. The van der Waals surface area contributed by atoms with Crippen molar-refractivity contribution in [2.75, 3.05) is 19.6 Å². The number of hydrogen-bond donors (Lipinski definition) is 2. The van der Waals surface area contributed by atoms with Gasteiger partial charge in [0.1, 0.15) is 0 Å². The van der Waals surface area contributed by atoms with Crippen LogP contribution in [-0.4, -0.2) is 25.6 Å². The van der Waals surface area contributed by atoms with Crippen molar-refractivity contribution in [1.82, 2.24) is 10.6 Å². The van der Waals surface area contributed by atoms with Crippen molar-refractivity contribution in [2.24, 2.45) is 16.8 Å². The molecular weight excluding hydrogens is 198 g/mol. The molecule has 1 aliphatic carbocycles. The summed E-state index contributed by atoms with van der Waals surface area (Å²) in [5.41, 5.74) is 0. The highest BCUT2D eigenvalue weighted by Crippen LogP contribution is 2.28. The molecule has 94 valence electrons. The van der Waals surface area contributed by atoms with Crippen LogP contribution in [0.1, 0.15) is 46.5 Å². The van der Waals surface area contributed by atoms with Gasteiger partial charge in [0.05, 0.1) is 0 Å². The monoisotopic (exact) mass is 225 g/mol. The van der Waals surface area contributed by atoms with E-state index in [-0.39, 0.29) is 0 Å². The largest absolute Gasteiger partial charge is 0.357 e. The van der Waals surface area contributed by atoms with Crippen LogP contribution < -0.4 is 10.6 Å². The number of rotatable bonds is 7. The summed E-state index contributed by atoms with van der Waals surface area (Å²) in [4.78, 5) is 4.59. The minimum Gasteiger partial charge on any atom is -0.357 e. The highest BCUT2D eigenvalue weighted by atomic mass is 15.2. The second-order valence-corrected chi connectivity index (χ2v) is 5.13. The van der Waals surface area contributed by atoms with Gasteiger partial charge in [-0.3, -0.25) is 4.99 Å². The van der Waals surface area contributed by atoms with Gasteiger partial charge in [-0.25, -0.2) is 0 Å². The number of hydrogen-bond acceptors (Lipinski definition) is 1. The predicted molar refractivity (Wildman–Crippen MR) is 70.8 cm³/mol. The summed E-state index contributed by atoms with van der Waals surface area (Å²) in [6.45, 7) is 9.64. The first kappa shape index (κ1) is 13.3. The van der Waals surface area contributed by atoms with Gasteiger partial charge in [-0.1, -0.05) is 13.8 Å². The lowest BCUT2D eigenvalue weighted by molar-refractivity contribution is 0.549. The minimum atomic E-state index is 0.799. The molecule has 0 unspecified atom stereocenters. The Bertz CT molecular complexity index is 207. The van der Waals surface area contributed by atoms with E-state index >= 15 is 0 Å². The fourth-order valence-corrected chi connectivity index (χ4v) is 1.58. The van der Waals surface area contributed by atoms with Gasteiger partial charge >= 0.3 is 0 Å². The van der Waals surface area contributed by atoms with E-state index in [9.17, 15) is 0 Å². The normalized spacial score (nSPS) is 16.6. The molecule has 0 bridgehead atoms. The molecule has 1 saturated carbocycles. The molecule has 0 aromatic carbocycles. The van der Waals surface area contributed by atoms with Gasteiger partial charge in [-0.2, -0.15) is 0 Å².